The summed E-state index contributed by atoms with van der Waals surface area (Å²) in [5.41, 5.74) is 5.60. The van der Waals surface area contributed by atoms with Crippen molar-refractivity contribution in [2.75, 3.05) is 13.2 Å². The number of aliphatic hydroxyl groups excluding tert-OH is 1. The number of benzene rings is 3. The molecule has 0 heterocycles. The molecular weight excluding hydrogens is 420 g/mol. The number of nitro benzene ring substituents is 1. The third-order valence-corrected chi connectivity index (χ3v) is 5.70. The maximum Gasteiger partial charge on any atom is 0.407 e. The van der Waals surface area contributed by atoms with Crippen LogP contribution in [0.2, 0.25) is 0 Å². The van der Waals surface area contributed by atoms with Crippen molar-refractivity contribution in [3.05, 3.63) is 105 Å². The standard InChI is InChI=1S/C26H24N2O5/c29-16-19-15-18(12-13-25(19)28(31)32)7-5-6-14-27-26(30)33-17-24-22-10-3-1-8-20(22)21-9-2-4-11-23(21)24/h1-5,7-13,15,24,29H,6,14,16-17H2,(H,27,30). The minimum absolute atomic E-state index is 0.0194. The van der Waals surface area contributed by atoms with Crippen LogP contribution >= 0.6 is 0 Å². The van der Waals surface area contributed by atoms with Gasteiger partial charge in [-0.25, -0.2) is 4.79 Å². The van der Waals surface area contributed by atoms with Gasteiger partial charge in [0.25, 0.3) is 5.69 Å². The number of nitrogens with zero attached hydrogens (tertiary/aromatic N) is 1. The quantitative estimate of drug-likeness (QED) is 0.288. The number of nitrogens with one attached hydrogen (secondary N) is 1. The average molecular weight is 444 g/mol. The van der Waals surface area contributed by atoms with E-state index in [1.54, 1.807) is 18.2 Å². The van der Waals surface area contributed by atoms with Crippen LogP contribution in [-0.2, 0) is 11.3 Å². The van der Waals surface area contributed by atoms with Crippen LogP contribution in [0, 0.1) is 10.1 Å². The Hall–Kier alpha value is -3.97. The van der Waals surface area contributed by atoms with Gasteiger partial charge in [-0.1, -0.05) is 60.7 Å². The number of hydrogen-bond donors (Lipinski definition) is 2. The van der Waals surface area contributed by atoms with Crippen molar-refractivity contribution >= 4 is 17.9 Å². The lowest BCUT2D eigenvalue weighted by Crippen LogP contribution is -2.26. The van der Waals surface area contributed by atoms with E-state index >= 15 is 0 Å². The van der Waals surface area contributed by atoms with Crippen LogP contribution in [0.15, 0.2) is 72.8 Å². The first-order valence-electron chi connectivity index (χ1n) is 10.7. The first-order chi connectivity index (χ1) is 16.1. The van der Waals surface area contributed by atoms with E-state index in [1.807, 2.05) is 30.3 Å². The Morgan fingerprint density at radius 1 is 1.06 bits per heavy atom. The Kier molecular flexibility index (Phi) is 6.80. The highest BCUT2D eigenvalue weighted by atomic mass is 16.6. The van der Waals surface area contributed by atoms with Crippen molar-refractivity contribution in [3.63, 3.8) is 0 Å². The van der Waals surface area contributed by atoms with Crippen molar-refractivity contribution in [2.45, 2.75) is 18.9 Å². The number of alkyl carbamates (subject to hydrolysis) is 1. The van der Waals surface area contributed by atoms with Gasteiger partial charge in [-0.3, -0.25) is 10.1 Å². The van der Waals surface area contributed by atoms with Gasteiger partial charge in [0.05, 0.1) is 17.1 Å². The fraction of sp³-hybridized carbons (Fsp3) is 0.192. The SMILES string of the molecule is O=C(NCCC=Cc1ccc([N+](=O)[O-])c(CO)c1)OCC1c2ccccc2-c2ccccc21. The van der Waals surface area contributed by atoms with Gasteiger partial charge in [0, 0.05) is 18.5 Å². The summed E-state index contributed by atoms with van der Waals surface area (Å²) in [6.07, 6.45) is 3.74. The summed E-state index contributed by atoms with van der Waals surface area (Å²) in [7, 11) is 0. The van der Waals surface area contributed by atoms with E-state index in [0.29, 0.717) is 13.0 Å². The third-order valence-electron chi connectivity index (χ3n) is 5.70. The normalized spacial score (nSPS) is 12.4. The molecule has 0 saturated heterocycles. The van der Waals surface area contributed by atoms with E-state index < -0.39 is 17.6 Å². The summed E-state index contributed by atoms with van der Waals surface area (Å²) in [6, 6.07) is 20.9. The van der Waals surface area contributed by atoms with Crippen LogP contribution in [0.1, 0.15) is 34.6 Å². The molecule has 0 spiro atoms. The zero-order valence-electron chi connectivity index (χ0n) is 17.9. The molecule has 3 aromatic rings. The Bertz CT molecular complexity index is 1160. The summed E-state index contributed by atoms with van der Waals surface area (Å²) in [6.45, 7) is 0.261. The minimum atomic E-state index is -0.517. The molecule has 2 N–H and O–H groups in total. The van der Waals surface area contributed by atoms with Gasteiger partial charge < -0.3 is 15.2 Å². The second kappa shape index (κ2) is 10.1. The molecule has 0 aromatic heterocycles. The fourth-order valence-corrected chi connectivity index (χ4v) is 4.14. The summed E-state index contributed by atoms with van der Waals surface area (Å²) in [5.74, 6) is 0.0194. The molecular formula is C26H24N2O5. The van der Waals surface area contributed by atoms with E-state index in [-0.39, 0.29) is 23.8 Å². The molecule has 1 amide bonds. The van der Waals surface area contributed by atoms with Gasteiger partial charge in [-0.15, -0.1) is 0 Å². The number of hydrogen-bond acceptors (Lipinski definition) is 5. The van der Waals surface area contributed by atoms with Crippen molar-refractivity contribution in [3.8, 4) is 11.1 Å². The number of fused-ring (bicyclic) bond motifs is 3. The largest absolute Gasteiger partial charge is 0.449 e. The third kappa shape index (κ3) is 4.94. The van der Waals surface area contributed by atoms with Crippen molar-refractivity contribution in [1.82, 2.24) is 5.32 Å². The number of carbonyl (C=O) groups excluding carboxylic acids is 1. The maximum absolute atomic E-state index is 12.2. The van der Waals surface area contributed by atoms with Crippen LogP contribution < -0.4 is 5.32 Å². The number of nitro groups is 1. The molecule has 0 atom stereocenters. The van der Waals surface area contributed by atoms with Gasteiger partial charge in [0.15, 0.2) is 0 Å². The van der Waals surface area contributed by atoms with Crippen LogP contribution in [0.25, 0.3) is 17.2 Å². The topological polar surface area (TPSA) is 102 Å². The number of rotatable bonds is 8. The lowest BCUT2D eigenvalue weighted by molar-refractivity contribution is -0.385. The Morgan fingerprint density at radius 2 is 1.73 bits per heavy atom. The Balaban J connectivity index is 1.27. The minimum Gasteiger partial charge on any atom is -0.449 e. The van der Waals surface area contributed by atoms with Gasteiger partial charge in [0.1, 0.15) is 6.61 Å². The molecule has 0 radical (unpaired) electrons. The number of ether oxygens (including phenoxy) is 1. The summed E-state index contributed by atoms with van der Waals surface area (Å²) in [5, 5.41) is 23.0. The molecule has 4 rings (SSSR count). The summed E-state index contributed by atoms with van der Waals surface area (Å²) < 4.78 is 5.50. The number of carbonyl (C=O) groups is 1. The van der Waals surface area contributed by atoms with Crippen LogP contribution in [-0.4, -0.2) is 29.3 Å². The van der Waals surface area contributed by atoms with Crippen molar-refractivity contribution < 1.29 is 19.6 Å². The molecule has 0 aliphatic heterocycles. The number of amides is 1. The Labute approximate surface area is 191 Å². The summed E-state index contributed by atoms with van der Waals surface area (Å²) >= 11 is 0. The second-order valence-corrected chi connectivity index (χ2v) is 7.75. The average Bonchev–Trinajstić information content (AvgIpc) is 3.16. The monoisotopic (exact) mass is 444 g/mol. The van der Waals surface area contributed by atoms with E-state index in [2.05, 4.69) is 29.6 Å². The second-order valence-electron chi connectivity index (χ2n) is 7.75. The van der Waals surface area contributed by atoms with Gasteiger partial charge >= 0.3 is 6.09 Å². The predicted octanol–water partition coefficient (Wildman–Crippen LogP) is 5.03. The molecule has 33 heavy (non-hydrogen) atoms. The molecule has 0 unspecified atom stereocenters. The molecule has 168 valence electrons. The highest BCUT2D eigenvalue weighted by Gasteiger charge is 2.28. The molecule has 3 aromatic carbocycles. The zero-order valence-corrected chi connectivity index (χ0v) is 17.9. The molecule has 1 aliphatic carbocycles. The lowest BCUT2D eigenvalue weighted by atomic mass is 9.98. The molecule has 7 heteroatoms. The first kappa shape index (κ1) is 22.2. The molecule has 0 saturated carbocycles. The van der Waals surface area contributed by atoms with Crippen molar-refractivity contribution in [2.24, 2.45) is 0 Å². The predicted molar refractivity (Wildman–Crippen MR) is 126 cm³/mol. The van der Waals surface area contributed by atoms with E-state index in [4.69, 9.17) is 4.74 Å². The van der Waals surface area contributed by atoms with E-state index in [9.17, 15) is 20.0 Å². The molecule has 1 aliphatic rings. The summed E-state index contributed by atoms with van der Waals surface area (Å²) in [4.78, 5) is 22.6. The van der Waals surface area contributed by atoms with E-state index in [1.165, 1.54) is 28.3 Å². The highest BCUT2D eigenvalue weighted by Crippen LogP contribution is 2.44. The molecule has 0 bridgehead atoms. The van der Waals surface area contributed by atoms with Crippen LogP contribution in [0.4, 0.5) is 10.5 Å². The van der Waals surface area contributed by atoms with Crippen LogP contribution in [0.3, 0.4) is 0 Å². The smallest absolute Gasteiger partial charge is 0.407 e. The highest BCUT2D eigenvalue weighted by molar-refractivity contribution is 5.79. The zero-order chi connectivity index (χ0) is 23.2. The fourth-order valence-electron chi connectivity index (χ4n) is 4.14. The first-order valence-corrected chi connectivity index (χ1v) is 10.7. The molecule has 7 nitrogen and oxygen atoms in total. The number of aliphatic hydroxyl groups is 1. The van der Waals surface area contributed by atoms with Gasteiger partial charge in [-0.2, -0.15) is 0 Å². The van der Waals surface area contributed by atoms with Gasteiger partial charge in [-0.05, 0) is 46.4 Å². The van der Waals surface area contributed by atoms with Crippen molar-refractivity contribution in [1.29, 1.82) is 0 Å². The lowest BCUT2D eigenvalue weighted by Gasteiger charge is -2.14. The molecule has 0 fully saturated rings. The van der Waals surface area contributed by atoms with Crippen LogP contribution in [0.5, 0.6) is 0 Å². The van der Waals surface area contributed by atoms with E-state index in [0.717, 1.165) is 5.56 Å². The Morgan fingerprint density at radius 3 is 2.36 bits per heavy atom. The maximum atomic E-state index is 12.2. The van der Waals surface area contributed by atoms with Gasteiger partial charge in [0.2, 0.25) is 0 Å².